The van der Waals surface area contributed by atoms with Gasteiger partial charge in [0.1, 0.15) is 6.08 Å². The van der Waals surface area contributed by atoms with Crippen molar-refractivity contribution < 1.29 is 20.8 Å². The number of hydrogen-bond donors (Lipinski definition) is 1. The molecule has 1 fully saturated rings. The SMILES string of the molecule is [2H]C(CCCCCCC)(CCC(=O)O)OC(=O)C1CC(C)CCC1C(C)C. The van der Waals surface area contributed by atoms with Crippen LogP contribution in [0.2, 0.25) is 0 Å². The number of unbranched alkanes of at least 4 members (excludes halogenated alkanes) is 4. The van der Waals surface area contributed by atoms with Crippen LogP contribution in [0.1, 0.15) is 99.7 Å². The van der Waals surface area contributed by atoms with Gasteiger partial charge in [-0.1, -0.05) is 59.8 Å². The summed E-state index contributed by atoms with van der Waals surface area (Å²) in [5, 5.41) is 9.03. The fourth-order valence-electron chi connectivity index (χ4n) is 4.09. The lowest BCUT2D eigenvalue weighted by Crippen LogP contribution is -2.36. The van der Waals surface area contributed by atoms with E-state index in [2.05, 4.69) is 27.7 Å². The summed E-state index contributed by atoms with van der Waals surface area (Å²) < 4.78 is 14.4. The number of carbonyl (C=O) groups excluding carboxylic acids is 1. The van der Waals surface area contributed by atoms with Gasteiger partial charge in [0, 0.05) is 6.42 Å². The van der Waals surface area contributed by atoms with Gasteiger partial charge in [-0.3, -0.25) is 9.59 Å². The van der Waals surface area contributed by atoms with Crippen LogP contribution in [0.3, 0.4) is 0 Å². The van der Waals surface area contributed by atoms with E-state index in [0.717, 1.165) is 51.4 Å². The van der Waals surface area contributed by atoms with Gasteiger partial charge >= 0.3 is 11.9 Å². The van der Waals surface area contributed by atoms with Gasteiger partial charge in [0.2, 0.25) is 0 Å². The molecule has 1 aliphatic rings. The van der Waals surface area contributed by atoms with E-state index in [-0.39, 0.29) is 24.7 Å². The second kappa shape index (κ2) is 12.3. The van der Waals surface area contributed by atoms with Gasteiger partial charge in [0.25, 0.3) is 0 Å². The lowest BCUT2D eigenvalue weighted by molar-refractivity contribution is -0.160. The Hall–Kier alpha value is -1.06. The normalized spacial score (nSPS) is 26.2. The topological polar surface area (TPSA) is 63.6 Å². The molecule has 0 aromatic rings. The van der Waals surface area contributed by atoms with Crippen molar-refractivity contribution in [3.05, 3.63) is 0 Å². The minimum Gasteiger partial charge on any atom is -0.481 e. The van der Waals surface area contributed by atoms with Crippen LogP contribution in [0.15, 0.2) is 0 Å². The monoisotopic (exact) mass is 369 g/mol. The number of carboxylic acids is 1. The minimum atomic E-state index is -1.41. The molecular weight excluding hydrogens is 328 g/mol. The zero-order chi connectivity index (χ0) is 20.4. The van der Waals surface area contributed by atoms with Crippen molar-refractivity contribution in [1.82, 2.24) is 0 Å². The molecule has 0 aromatic heterocycles. The van der Waals surface area contributed by atoms with E-state index in [1.54, 1.807) is 0 Å². The lowest BCUT2D eigenvalue weighted by Gasteiger charge is -2.36. The van der Waals surface area contributed by atoms with Gasteiger partial charge in [-0.25, -0.2) is 0 Å². The highest BCUT2D eigenvalue weighted by molar-refractivity contribution is 5.73. The molecule has 4 nitrogen and oxygen atoms in total. The molecule has 0 saturated heterocycles. The first-order chi connectivity index (χ1) is 12.7. The van der Waals surface area contributed by atoms with Crippen molar-refractivity contribution in [3.8, 4) is 0 Å². The van der Waals surface area contributed by atoms with Crippen molar-refractivity contribution in [3.63, 3.8) is 0 Å². The van der Waals surface area contributed by atoms with E-state index in [4.69, 9.17) is 11.2 Å². The van der Waals surface area contributed by atoms with Gasteiger partial charge in [-0.15, -0.1) is 0 Å². The molecule has 0 aromatic carbocycles. The highest BCUT2D eigenvalue weighted by Gasteiger charge is 2.37. The molecule has 1 rings (SSSR count). The molecular formula is C22H40O4. The zero-order valence-electron chi connectivity index (χ0n) is 18.3. The third-order valence-corrected chi connectivity index (χ3v) is 5.75. The first-order valence-electron chi connectivity index (χ1n) is 11.1. The van der Waals surface area contributed by atoms with E-state index in [1.807, 2.05) is 0 Å². The number of aliphatic carboxylic acids is 1. The van der Waals surface area contributed by atoms with E-state index < -0.39 is 12.0 Å². The Morgan fingerprint density at radius 1 is 1.15 bits per heavy atom. The summed E-state index contributed by atoms with van der Waals surface area (Å²) in [5.41, 5.74) is 0. The summed E-state index contributed by atoms with van der Waals surface area (Å²) in [4.78, 5) is 24.0. The highest BCUT2D eigenvalue weighted by atomic mass is 16.5. The van der Waals surface area contributed by atoms with Crippen molar-refractivity contribution in [1.29, 1.82) is 0 Å². The second-order valence-electron chi connectivity index (χ2n) is 8.45. The van der Waals surface area contributed by atoms with Crippen LogP contribution in [0.25, 0.3) is 0 Å². The second-order valence-corrected chi connectivity index (χ2v) is 8.45. The van der Waals surface area contributed by atoms with Crippen LogP contribution in [0, 0.1) is 23.7 Å². The van der Waals surface area contributed by atoms with Crippen molar-refractivity contribution in [2.45, 2.75) is 104 Å². The largest absolute Gasteiger partial charge is 0.481 e. The van der Waals surface area contributed by atoms with E-state index in [1.165, 1.54) is 0 Å². The van der Waals surface area contributed by atoms with E-state index in [0.29, 0.717) is 24.2 Å². The Kier molecular flexibility index (Phi) is 10.1. The Morgan fingerprint density at radius 3 is 2.46 bits per heavy atom. The predicted molar refractivity (Wildman–Crippen MR) is 105 cm³/mol. The number of carboxylic acid groups (broad SMARTS) is 1. The van der Waals surface area contributed by atoms with Crippen LogP contribution in [-0.4, -0.2) is 23.1 Å². The molecule has 0 heterocycles. The van der Waals surface area contributed by atoms with Crippen LogP contribution in [0.5, 0.6) is 0 Å². The molecule has 4 atom stereocenters. The first-order valence-corrected chi connectivity index (χ1v) is 10.6. The Bertz CT molecular complexity index is 465. The molecule has 4 unspecified atom stereocenters. The van der Waals surface area contributed by atoms with Crippen LogP contribution >= 0.6 is 0 Å². The highest BCUT2D eigenvalue weighted by Crippen LogP contribution is 2.39. The Labute approximate surface area is 161 Å². The summed E-state index contributed by atoms with van der Waals surface area (Å²) in [6.07, 6.45) is 7.11. The molecule has 4 heteroatoms. The Morgan fingerprint density at radius 2 is 1.85 bits per heavy atom. The zero-order valence-corrected chi connectivity index (χ0v) is 17.3. The summed E-state index contributed by atoms with van der Waals surface area (Å²) >= 11 is 0. The maximum absolute atomic E-state index is 13.0. The first kappa shape index (κ1) is 21.2. The smallest absolute Gasteiger partial charge is 0.309 e. The number of hydrogen-bond acceptors (Lipinski definition) is 3. The minimum absolute atomic E-state index is 0.0659. The lowest BCUT2D eigenvalue weighted by atomic mass is 9.70. The molecule has 26 heavy (non-hydrogen) atoms. The fraction of sp³-hybridized carbons (Fsp3) is 0.909. The Balaban J connectivity index is 2.75. The fourth-order valence-corrected chi connectivity index (χ4v) is 4.09. The van der Waals surface area contributed by atoms with Gasteiger partial charge in [-0.2, -0.15) is 0 Å². The molecule has 0 aliphatic heterocycles. The molecule has 0 radical (unpaired) electrons. The van der Waals surface area contributed by atoms with Gasteiger partial charge in [0.05, 0.1) is 7.29 Å². The number of rotatable bonds is 12. The van der Waals surface area contributed by atoms with Crippen LogP contribution in [0.4, 0.5) is 0 Å². The molecule has 0 amide bonds. The average molecular weight is 370 g/mol. The van der Waals surface area contributed by atoms with E-state index in [9.17, 15) is 9.59 Å². The van der Waals surface area contributed by atoms with Crippen molar-refractivity contribution in [2.24, 2.45) is 23.7 Å². The van der Waals surface area contributed by atoms with Gasteiger partial charge in [-0.05, 0) is 49.9 Å². The maximum Gasteiger partial charge on any atom is 0.309 e. The standard InChI is InChI=1S/C22H40O4/c1-5-6-7-8-9-10-18(12-14-21(23)24)26-22(25)20-15-17(4)11-13-19(20)16(2)3/h16-20H,5-15H2,1-4H3,(H,23,24)/i18D. The summed E-state index contributed by atoms with van der Waals surface area (Å²) in [6.45, 7) is 8.61. The van der Waals surface area contributed by atoms with Crippen molar-refractivity contribution >= 4 is 11.9 Å². The van der Waals surface area contributed by atoms with Gasteiger partial charge < -0.3 is 9.84 Å². The molecule has 0 bridgehead atoms. The molecule has 152 valence electrons. The summed E-state index contributed by atoms with van der Waals surface area (Å²) in [6, 6.07) is 0. The van der Waals surface area contributed by atoms with E-state index >= 15 is 0 Å². The maximum atomic E-state index is 13.0. The number of carbonyl (C=O) groups is 2. The average Bonchev–Trinajstić information content (AvgIpc) is 2.59. The predicted octanol–water partition coefficient (Wildman–Crippen LogP) is 5.83. The van der Waals surface area contributed by atoms with Crippen molar-refractivity contribution in [2.75, 3.05) is 0 Å². The molecule has 1 aliphatic carbocycles. The van der Waals surface area contributed by atoms with Crippen LogP contribution < -0.4 is 0 Å². The third kappa shape index (κ3) is 8.55. The summed E-state index contributed by atoms with van der Waals surface area (Å²) in [7, 11) is 0. The molecule has 1 saturated carbocycles. The number of ether oxygens (including phenoxy) is 1. The molecule has 0 spiro atoms. The third-order valence-electron chi connectivity index (χ3n) is 5.75. The quantitative estimate of drug-likeness (QED) is 0.347. The molecule has 1 N–H and O–H groups in total. The van der Waals surface area contributed by atoms with Crippen LogP contribution in [-0.2, 0) is 14.3 Å². The van der Waals surface area contributed by atoms with Gasteiger partial charge in [0.15, 0.2) is 0 Å². The summed E-state index contributed by atoms with van der Waals surface area (Å²) in [5.74, 6) is -0.200. The number of esters is 1.